The summed E-state index contributed by atoms with van der Waals surface area (Å²) in [6, 6.07) is 9.29. The van der Waals surface area contributed by atoms with E-state index in [1.54, 1.807) is 0 Å². The second kappa shape index (κ2) is 6.18. The number of hydrogen-bond acceptors (Lipinski definition) is 2. The van der Waals surface area contributed by atoms with E-state index in [1.165, 1.54) is 35.9 Å². The van der Waals surface area contributed by atoms with Gasteiger partial charge in [-0.1, -0.05) is 32.0 Å². The highest BCUT2D eigenvalue weighted by molar-refractivity contribution is 5.81. The van der Waals surface area contributed by atoms with Crippen molar-refractivity contribution in [3.05, 3.63) is 30.0 Å². The molecule has 1 aromatic carbocycles. The fraction of sp³-hybridized carbons (Fsp3) is 0.611. The van der Waals surface area contributed by atoms with Gasteiger partial charge in [0.25, 0.3) is 0 Å². The van der Waals surface area contributed by atoms with Crippen LogP contribution in [-0.4, -0.2) is 22.4 Å². The number of aromatic nitrogens is 2. The van der Waals surface area contributed by atoms with Crippen LogP contribution in [-0.2, 0) is 13.5 Å². The summed E-state index contributed by atoms with van der Waals surface area (Å²) >= 11 is 0. The molecule has 1 N–H and O–H groups in total. The number of hydrogen-bond donors (Lipinski definition) is 1. The summed E-state index contributed by atoms with van der Waals surface area (Å²) in [5.74, 6) is 1.51. The predicted octanol–water partition coefficient (Wildman–Crippen LogP) is 3.53. The van der Waals surface area contributed by atoms with Crippen LogP contribution in [0.1, 0.15) is 38.8 Å². The molecule has 21 heavy (non-hydrogen) atoms. The minimum atomic E-state index is 0.699. The van der Waals surface area contributed by atoms with Crippen molar-refractivity contribution >= 4 is 10.9 Å². The molecule has 2 aromatic rings. The van der Waals surface area contributed by atoms with Crippen LogP contribution in [0.2, 0.25) is 0 Å². The fourth-order valence-corrected chi connectivity index (χ4v) is 3.84. The number of nitrogens with one attached hydrogen (secondary N) is 1. The van der Waals surface area contributed by atoms with Crippen LogP contribution in [0.3, 0.4) is 0 Å². The van der Waals surface area contributed by atoms with Crippen LogP contribution < -0.4 is 5.32 Å². The van der Waals surface area contributed by atoms with Crippen molar-refractivity contribution in [1.29, 1.82) is 0 Å². The van der Waals surface area contributed by atoms with E-state index >= 15 is 0 Å². The van der Waals surface area contributed by atoms with Gasteiger partial charge < -0.3 is 5.32 Å². The summed E-state index contributed by atoms with van der Waals surface area (Å²) in [6.07, 6.45) is 4.98. The maximum Gasteiger partial charge on any atom is 0.0706 e. The Morgan fingerprint density at radius 1 is 1.29 bits per heavy atom. The molecule has 1 fully saturated rings. The molecule has 3 nitrogen and oxygen atoms in total. The third-order valence-corrected chi connectivity index (χ3v) is 5.17. The molecule has 3 rings (SSSR count). The summed E-state index contributed by atoms with van der Waals surface area (Å²) in [6.45, 7) is 5.80. The van der Waals surface area contributed by atoms with Gasteiger partial charge in [0.1, 0.15) is 0 Å². The monoisotopic (exact) mass is 285 g/mol. The van der Waals surface area contributed by atoms with E-state index in [0.717, 1.165) is 24.8 Å². The Balaban J connectivity index is 1.74. The summed E-state index contributed by atoms with van der Waals surface area (Å²) in [4.78, 5) is 0. The fourth-order valence-electron chi connectivity index (χ4n) is 3.84. The SMILES string of the molecule is CCCNC1CCC(Cc2nn(C)c3ccccc23)C1C. The number of nitrogens with zero attached hydrogens (tertiary/aromatic N) is 2. The molecule has 1 saturated carbocycles. The quantitative estimate of drug-likeness (QED) is 0.911. The van der Waals surface area contributed by atoms with Crippen LogP contribution in [0.5, 0.6) is 0 Å². The zero-order valence-corrected chi connectivity index (χ0v) is 13.5. The Kier molecular flexibility index (Phi) is 4.29. The largest absolute Gasteiger partial charge is 0.314 e. The van der Waals surface area contributed by atoms with E-state index in [2.05, 4.69) is 50.5 Å². The Morgan fingerprint density at radius 2 is 2.10 bits per heavy atom. The number of fused-ring (bicyclic) bond motifs is 1. The van der Waals surface area contributed by atoms with Crippen molar-refractivity contribution in [3.8, 4) is 0 Å². The highest BCUT2D eigenvalue weighted by Crippen LogP contribution is 2.35. The second-order valence-electron chi connectivity index (χ2n) is 6.55. The lowest BCUT2D eigenvalue weighted by atomic mass is 9.90. The van der Waals surface area contributed by atoms with Crippen LogP contribution in [0, 0.1) is 11.8 Å². The average Bonchev–Trinajstić information content (AvgIpc) is 3.00. The van der Waals surface area contributed by atoms with Crippen LogP contribution in [0.15, 0.2) is 24.3 Å². The molecule has 1 heterocycles. The first kappa shape index (κ1) is 14.6. The van der Waals surface area contributed by atoms with E-state index < -0.39 is 0 Å². The summed E-state index contributed by atoms with van der Waals surface area (Å²) < 4.78 is 2.02. The van der Waals surface area contributed by atoms with Crippen molar-refractivity contribution in [2.24, 2.45) is 18.9 Å². The van der Waals surface area contributed by atoms with Gasteiger partial charge in [-0.3, -0.25) is 4.68 Å². The number of para-hydroxylation sites is 1. The molecule has 0 saturated heterocycles. The second-order valence-corrected chi connectivity index (χ2v) is 6.55. The maximum atomic E-state index is 4.77. The summed E-state index contributed by atoms with van der Waals surface area (Å²) in [5, 5.41) is 9.82. The zero-order chi connectivity index (χ0) is 14.8. The number of aryl methyl sites for hydroxylation is 1. The lowest BCUT2D eigenvalue weighted by Gasteiger charge is -2.21. The molecule has 0 aliphatic heterocycles. The van der Waals surface area contributed by atoms with Crippen molar-refractivity contribution in [3.63, 3.8) is 0 Å². The smallest absolute Gasteiger partial charge is 0.0706 e. The average molecular weight is 285 g/mol. The predicted molar refractivity (Wildman–Crippen MR) is 88.4 cm³/mol. The molecule has 0 radical (unpaired) electrons. The molecular weight excluding hydrogens is 258 g/mol. The standard InChI is InChI=1S/C18H27N3/c1-4-11-19-16-10-9-14(13(16)2)12-17-15-7-5-6-8-18(15)21(3)20-17/h5-8,13-14,16,19H,4,9-12H2,1-3H3. The molecule has 3 atom stereocenters. The van der Waals surface area contributed by atoms with Gasteiger partial charge >= 0.3 is 0 Å². The van der Waals surface area contributed by atoms with Crippen LogP contribution in [0.4, 0.5) is 0 Å². The maximum absolute atomic E-state index is 4.77. The highest BCUT2D eigenvalue weighted by Gasteiger charge is 2.33. The van der Waals surface area contributed by atoms with Crippen LogP contribution >= 0.6 is 0 Å². The van der Waals surface area contributed by atoms with E-state index in [9.17, 15) is 0 Å². The van der Waals surface area contributed by atoms with Crippen molar-refractivity contribution < 1.29 is 0 Å². The minimum Gasteiger partial charge on any atom is -0.314 e. The minimum absolute atomic E-state index is 0.699. The highest BCUT2D eigenvalue weighted by atomic mass is 15.3. The molecule has 1 aliphatic carbocycles. The van der Waals surface area contributed by atoms with Gasteiger partial charge in [-0.2, -0.15) is 5.10 Å². The Bertz CT molecular complexity index is 602. The molecule has 1 aromatic heterocycles. The summed E-state index contributed by atoms with van der Waals surface area (Å²) in [7, 11) is 2.05. The lowest BCUT2D eigenvalue weighted by Crippen LogP contribution is -2.33. The molecule has 3 heteroatoms. The van der Waals surface area contributed by atoms with Crippen molar-refractivity contribution in [2.75, 3.05) is 6.54 Å². The van der Waals surface area contributed by atoms with Crippen LogP contribution in [0.25, 0.3) is 10.9 Å². The van der Waals surface area contributed by atoms with Crippen molar-refractivity contribution in [2.45, 2.75) is 45.6 Å². The Labute approximate surface area is 127 Å². The number of rotatable bonds is 5. The van der Waals surface area contributed by atoms with Gasteiger partial charge in [0.05, 0.1) is 11.2 Å². The molecule has 114 valence electrons. The van der Waals surface area contributed by atoms with Gasteiger partial charge in [0.2, 0.25) is 0 Å². The summed E-state index contributed by atoms with van der Waals surface area (Å²) in [5.41, 5.74) is 2.53. The molecule has 3 unspecified atom stereocenters. The van der Waals surface area contributed by atoms with Gasteiger partial charge in [0.15, 0.2) is 0 Å². The van der Waals surface area contributed by atoms with Gasteiger partial charge in [-0.15, -0.1) is 0 Å². The molecule has 0 bridgehead atoms. The lowest BCUT2D eigenvalue weighted by molar-refractivity contribution is 0.349. The van der Waals surface area contributed by atoms with E-state index in [1.807, 2.05) is 4.68 Å². The first-order chi connectivity index (χ1) is 10.2. The van der Waals surface area contributed by atoms with E-state index in [4.69, 9.17) is 5.10 Å². The van der Waals surface area contributed by atoms with Gasteiger partial charge in [-0.05, 0) is 50.1 Å². The Hall–Kier alpha value is -1.35. The third kappa shape index (κ3) is 2.84. The number of benzene rings is 1. The topological polar surface area (TPSA) is 29.9 Å². The van der Waals surface area contributed by atoms with Crippen molar-refractivity contribution in [1.82, 2.24) is 15.1 Å². The molecule has 0 amide bonds. The van der Waals surface area contributed by atoms with Gasteiger partial charge in [0, 0.05) is 18.5 Å². The molecular formula is C18H27N3. The van der Waals surface area contributed by atoms with Gasteiger partial charge in [-0.25, -0.2) is 0 Å². The first-order valence-corrected chi connectivity index (χ1v) is 8.34. The molecule has 1 aliphatic rings. The first-order valence-electron chi connectivity index (χ1n) is 8.34. The normalized spacial score (nSPS) is 25.8. The molecule has 0 spiro atoms. The zero-order valence-electron chi connectivity index (χ0n) is 13.5. The third-order valence-electron chi connectivity index (χ3n) is 5.17. The van der Waals surface area contributed by atoms with E-state index in [-0.39, 0.29) is 0 Å². The van der Waals surface area contributed by atoms with E-state index in [0.29, 0.717) is 6.04 Å². The Morgan fingerprint density at radius 3 is 2.90 bits per heavy atom.